The molecule has 14 nitrogen and oxygen atoms in total. The van der Waals surface area contributed by atoms with Gasteiger partial charge in [-0.1, -0.05) is 43.2 Å². The van der Waals surface area contributed by atoms with Crippen molar-refractivity contribution >= 4 is 23.9 Å². The molecule has 2 fully saturated rings. The molecule has 3 N–H and O–H groups in total. The summed E-state index contributed by atoms with van der Waals surface area (Å²) in [5.41, 5.74) is -1.53. The molecular weight excluding hydrogens is 642 g/mol. The number of hydrogen-bond donors (Lipinski definition) is 3. The Morgan fingerprint density at radius 2 is 1.76 bits per heavy atom. The SMILES string of the molecule is CC(C)(C)OC(=O)N[C@@H]1CCCCC/C=C\[C@@H]2C[C@]2(C(=O)O)NC(=O)[C@@H]2C[C@H](n3nnc(-c4ccc(Oc5ccccc5)cc4)n3)CN2C1=O. The molecule has 0 unspecified atom stereocenters. The van der Waals surface area contributed by atoms with Crippen LogP contribution in [0.25, 0.3) is 11.4 Å². The van der Waals surface area contributed by atoms with E-state index < -0.39 is 53.1 Å². The molecule has 1 aromatic heterocycles. The number of carboxylic acid groups (broad SMARTS) is 1. The molecule has 3 aromatic rings. The average Bonchev–Trinajstić information content (AvgIpc) is 3.37. The molecule has 3 aliphatic rings. The van der Waals surface area contributed by atoms with Gasteiger partial charge in [0.25, 0.3) is 0 Å². The number of carbonyl (C=O) groups excluding carboxylic acids is 3. The number of alkyl carbamates (subject to hydrolysis) is 1. The summed E-state index contributed by atoms with van der Waals surface area (Å²) in [5, 5.41) is 28.8. The van der Waals surface area contributed by atoms with Gasteiger partial charge in [-0.05, 0) is 88.1 Å². The lowest BCUT2D eigenvalue weighted by Gasteiger charge is -2.30. The average molecular weight is 686 g/mol. The Labute approximate surface area is 290 Å². The van der Waals surface area contributed by atoms with E-state index in [1.165, 1.54) is 9.70 Å². The van der Waals surface area contributed by atoms with Crippen LogP contribution in [0.15, 0.2) is 66.7 Å². The zero-order valence-corrected chi connectivity index (χ0v) is 28.4. The van der Waals surface area contributed by atoms with Crippen molar-refractivity contribution in [2.45, 2.75) is 95.0 Å². The summed E-state index contributed by atoms with van der Waals surface area (Å²) in [6, 6.07) is 14.1. The van der Waals surface area contributed by atoms with E-state index in [-0.39, 0.29) is 25.3 Å². The van der Waals surface area contributed by atoms with Gasteiger partial charge in [0.2, 0.25) is 17.6 Å². The van der Waals surface area contributed by atoms with Gasteiger partial charge in [-0.3, -0.25) is 9.59 Å². The molecule has 6 rings (SSSR count). The molecule has 0 bridgehead atoms. The minimum Gasteiger partial charge on any atom is -0.479 e. The van der Waals surface area contributed by atoms with Gasteiger partial charge in [-0.25, -0.2) is 9.59 Å². The molecule has 2 aliphatic heterocycles. The number of allylic oxidation sites excluding steroid dienone is 1. The summed E-state index contributed by atoms with van der Waals surface area (Å²) in [6.45, 7) is 5.25. The maximum absolute atomic E-state index is 14.3. The highest BCUT2D eigenvalue weighted by Crippen LogP contribution is 2.45. The number of tetrazole rings is 1. The first-order valence-electron chi connectivity index (χ1n) is 17.1. The largest absolute Gasteiger partial charge is 0.479 e. The molecular formula is C36H43N7O7. The fourth-order valence-corrected chi connectivity index (χ4v) is 6.49. The number of amides is 3. The van der Waals surface area contributed by atoms with Crippen LogP contribution in [0.5, 0.6) is 11.5 Å². The number of ether oxygens (including phenoxy) is 2. The van der Waals surface area contributed by atoms with Gasteiger partial charge in [0, 0.05) is 24.4 Å². The maximum atomic E-state index is 14.3. The van der Waals surface area contributed by atoms with E-state index in [1.54, 1.807) is 32.9 Å². The second-order valence-corrected chi connectivity index (χ2v) is 14.1. The minimum atomic E-state index is -1.44. The number of nitrogens with one attached hydrogen (secondary N) is 2. The molecule has 1 saturated carbocycles. The maximum Gasteiger partial charge on any atom is 0.408 e. The lowest BCUT2D eigenvalue weighted by Crippen LogP contribution is -2.56. The number of benzene rings is 2. The van der Waals surface area contributed by atoms with Crippen LogP contribution in [0, 0.1) is 5.92 Å². The summed E-state index contributed by atoms with van der Waals surface area (Å²) >= 11 is 0. The first-order chi connectivity index (χ1) is 23.9. The van der Waals surface area contributed by atoms with E-state index in [2.05, 4.69) is 26.0 Å². The third-order valence-electron chi connectivity index (χ3n) is 9.17. The number of carboxylic acids is 1. The van der Waals surface area contributed by atoms with E-state index in [1.807, 2.05) is 54.6 Å². The summed E-state index contributed by atoms with van der Waals surface area (Å²) in [4.78, 5) is 56.2. The van der Waals surface area contributed by atoms with Crippen LogP contribution < -0.4 is 15.4 Å². The van der Waals surface area contributed by atoms with E-state index in [0.717, 1.165) is 19.3 Å². The second-order valence-electron chi connectivity index (χ2n) is 14.1. The van der Waals surface area contributed by atoms with Crippen molar-refractivity contribution < 1.29 is 33.8 Å². The topological polar surface area (TPSA) is 178 Å². The summed E-state index contributed by atoms with van der Waals surface area (Å²) < 4.78 is 11.3. The van der Waals surface area contributed by atoms with E-state index in [9.17, 15) is 24.3 Å². The van der Waals surface area contributed by atoms with Crippen LogP contribution >= 0.6 is 0 Å². The minimum absolute atomic E-state index is 0.0481. The summed E-state index contributed by atoms with van der Waals surface area (Å²) in [7, 11) is 0. The van der Waals surface area contributed by atoms with E-state index in [4.69, 9.17) is 9.47 Å². The summed E-state index contributed by atoms with van der Waals surface area (Å²) in [6.07, 6.45) is 6.84. The molecule has 5 atom stereocenters. The fourth-order valence-electron chi connectivity index (χ4n) is 6.49. The smallest absolute Gasteiger partial charge is 0.408 e. The molecule has 0 spiro atoms. The lowest BCUT2D eigenvalue weighted by atomic mass is 10.0. The first kappa shape index (κ1) is 34.6. The van der Waals surface area contributed by atoms with Crippen LogP contribution in [0.2, 0.25) is 0 Å². The Hall–Kier alpha value is -5.27. The van der Waals surface area contributed by atoms with Gasteiger partial charge in [0.1, 0.15) is 34.7 Å². The Morgan fingerprint density at radius 3 is 2.48 bits per heavy atom. The van der Waals surface area contributed by atoms with Gasteiger partial charge in [-0.2, -0.15) is 4.80 Å². The van der Waals surface area contributed by atoms with Crippen molar-refractivity contribution in [2.75, 3.05) is 6.54 Å². The molecule has 50 heavy (non-hydrogen) atoms. The van der Waals surface area contributed by atoms with E-state index in [0.29, 0.717) is 35.7 Å². The van der Waals surface area contributed by atoms with Crippen LogP contribution in [-0.2, 0) is 19.1 Å². The molecule has 3 amide bonds. The quantitative estimate of drug-likeness (QED) is 0.310. The number of hydrogen-bond acceptors (Lipinski definition) is 9. The van der Waals surface area contributed by atoms with Crippen molar-refractivity contribution in [1.29, 1.82) is 0 Å². The Morgan fingerprint density at radius 1 is 1.02 bits per heavy atom. The number of fused-ring (bicyclic) bond motifs is 2. The van der Waals surface area contributed by atoms with Gasteiger partial charge in [0.05, 0.1) is 6.04 Å². The van der Waals surface area contributed by atoms with Crippen LogP contribution in [0.1, 0.15) is 71.8 Å². The molecule has 14 heteroatoms. The van der Waals surface area contributed by atoms with Crippen molar-refractivity contribution in [3.63, 3.8) is 0 Å². The Bertz CT molecular complexity index is 1740. The van der Waals surface area contributed by atoms with Gasteiger partial charge in [-0.15, -0.1) is 10.2 Å². The highest BCUT2D eigenvalue weighted by Gasteiger charge is 2.61. The van der Waals surface area contributed by atoms with Crippen molar-refractivity contribution in [3.05, 3.63) is 66.7 Å². The molecule has 1 aliphatic carbocycles. The highest BCUT2D eigenvalue weighted by atomic mass is 16.6. The number of nitrogens with zero attached hydrogens (tertiary/aromatic N) is 5. The second kappa shape index (κ2) is 14.3. The zero-order valence-electron chi connectivity index (χ0n) is 28.4. The third-order valence-corrected chi connectivity index (χ3v) is 9.17. The van der Waals surface area contributed by atoms with Crippen LogP contribution in [0.3, 0.4) is 0 Å². The lowest BCUT2D eigenvalue weighted by molar-refractivity contribution is -0.145. The van der Waals surface area contributed by atoms with Crippen LogP contribution in [0.4, 0.5) is 4.79 Å². The van der Waals surface area contributed by atoms with Gasteiger partial charge in [0.15, 0.2) is 0 Å². The molecule has 3 heterocycles. The normalized spacial score (nSPS) is 26.3. The van der Waals surface area contributed by atoms with Gasteiger partial charge >= 0.3 is 12.1 Å². The molecule has 264 valence electrons. The van der Waals surface area contributed by atoms with E-state index >= 15 is 0 Å². The van der Waals surface area contributed by atoms with Gasteiger partial charge < -0.3 is 30.1 Å². The van der Waals surface area contributed by atoms with Crippen molar-refractivity contribution in [2.24, 2.45) is 5.92 Å². The fraction of sp³-hybridized carbons (Fsp3) is 0.472. The predicted molar refractivity (Wildman–Crippen MR) is 181 cm³/mol. The number of para-hydroxylation sites is 1. The monoisotopic (exact) mass is 685 g/mol. The number of aliphatic carboxylic acids is 1. The van der Waals surface area contributed by atoms with Crippen molar-refractivity contribution in [3.8, 4) is 22.9 Å². The molecule has 2 aromatic carbocycles. The number of rotatable bonds is 6. The number of aromatic nitrogens is 4. The number of carbonyl (C=O) groups is 4. The first-order valence-corrected chi connectivity index (χ1v) is 17.1. The Kier molecular flexibility index (Phi) is 9.89. The zero-order chi connectivity index (χ0) is 35.5. The summed E-state index contributed by atoms with van der Waals surface area (Å²) in [5.74, 6) is -0.821. The van der Waals surface area contributed by atoms with Crippen molar-refractivity contribution in [1.82, 2.24) is 35.7 Å². The predicted octanol–water partition coefficient (Wildman–Crippen LogP) is 4.65. The third kappa shape index (κ3) is 7.95. The standard InChI is InChI=1S/C36H43N7O7/c1-35(2,3)50-34(48)37-28-15-11-6-4-5-8-12-24-21-36(24,33(46)47)38-31(44)29-20-25(22-42(29)32(28)45)43-40-30(39-41-43)23-16-18-27(19-17-23)49-26-13-9-7-10-14-26/h7-10,12-14,16-19,24-25,28-29H,4-6,11,15,20-22H2,1-3H3,(H,37,48)(H,38,44)(H,46,47)/b12-8-/t24-,25+,28-,29+,36+/m1/s1. The highest BCUT2D eigenvalue weighted by molar-refractivity contribution is 5.96. The van der Waals surface area contributed by atoms with Crippen LogP contribution in [-0.4, -0.2) is 83.9 Å². The molecule has 0 radical (unpaired) electrons. The molecule has 1 saturated heterocycles. The Balaban J connectivity index is 1.24.